The lowest BCUT2D eigenvalue weighted by molar-refractivity contribution is 0.236. The summed E-state index contributed by atoms with van der Waals surface area (Å²) in [6.07, 6.45) is 7.10. The van der Waals surface area contributed by atoms with Crippen molar-refractivity contribution in [2.24, 2.45) is 0 Å². The summed E-state index contributed by atoms with van der Waals surface area (Å²) in [4.78, 5) is 3.93. The van der Waals surface area contributed by atoms with Gasteiger partial charge in [-0.3, -0.25) is 0 Å². The average Bonchev–Trinajstić information content (AvgIpc) is 2.79. The second kappa shape index (κ2) is 4.46. The molecular weight excluding hydrogens is 188 g/mol. The molecule has 0 atom stereocenters. The molecule has 0 saturated carbocycles. The van der Waals surface area contributed by atoms with Crippen LogP contribution in [0.5, 0.6) is 5.75 Å². The third-order valence-electron chi connectivity index (χ3n) is 2.03. The number of benzene rings is 1. The van der Waals surface area contributed by atoms with E-state index in [4.69, 9.17) is 4.74 Å². The van der Waals surface area contributed by atoms with Crippen molar-refractivity contribution in [3.63, 3.8) is 0 Å². The normalized spacial score (nSPS) is 9.87. The Balaban J connectivity index is 2.01. The zero-order valence-electron chi connectivity index (χ0n) is 8.34. The van der Waals surface area contributed by atoms with Gasteiger partial charge in [-0.2, -0.15) is 0 Å². The summed E-state index contributed by atoms with van der Waals surface area (Å²) in [5, 5.41) is 0. The van der Waals surface area contributed by atoms with Crippen molar-refractivity contribution in [2.75, 3.05) is 0 Å². The number of hydrogen-bond donors (Lipinski definition) is 0. The van der Waals surface area contributed by atoms with Crippen LogP contribution in [0.4, 0.5) is 0 Å². The minimum Gasteiger partial charge on any atom is -0.473 e. The molecule has 1 aromatic heterocycles. The second-order valence-corrected chi connectivity index (χ2v) is 3.13. The Kier molecular flexibility index (Phi) is 2.83. The minimum absolute atomic E-state index is 0.473. The third kappa shape index (κ3) is 2.47. The van der Waals surface area contributed by atoms with Gasteiger partial charge in [-0.05, 0) is 17.7 Å². The van der Waals surface area contributed by atoms with E-state index in [0.717, 1.165) is 11.3 Å². The highest BCUT2D eigenvalue weighted by atomic mass is 16.5. The van der Waals surface area contributed by atoms with E-state index in [2.05, 4.69) is 11.6 Å². The molecule has 76 valence electrons. The van der Waals surface area contributed by atoms with Crippen molar-refractivity contribution < 1.29 is 4.74 Å². The topological polar surface area (TPSA) is 27.1 Å². The molecule has 0 aliphatic carbocycles. The van der Waals surface area contributed by atoms with Crippen molar-refractivity contribution in [2.45, 2.75) is 6.73 Å². The molecule has 3 heteroatoms. The zero-order chi connectivity index (χ0) is 10.5. The molecule has 1 aromatic carbocycles. The summed E-state index contributed by atoms with van der Waals surface area (Å²) in [6.45, 7) is 4.18. The van der Waals surface area contributed by atoms with Gasteiger partial charge in [0, 0.05) is 12.4 Å². The predicted molar refractivity (Wildman–Crippen MR) is 59.4 cm³/mol. The fraction of sp³-hybridized carbons (Fsp3) is 0.0833. The fourth-order valence-electron chi connectivity index (χ4n) is 1.24. The molecule has 0 saturated heterocycles. The van der Waals surface area contributed by atoms with Gasteiger partial charge in [-0.1, -0.05) is 24.8 Å². The Labute approximate surface area is 88.6 Å². The van der Waals surface area contributed by atoms with Gasteiger partial charge in [-0.25, -0.2) is 4.98 Å². The molecule has 0 aliphatic rings. The van der Waals surface area contributed by atoms with Gasteiger partial charge >= 0.3 is 0 Å². The Morgan fingerprint density at radius 3 is 3.13 bits per heavy atom. The SMILES string of the molecule is C=Cc1cccc(OCn2ccnc2)c1. The van der Waals surface area contributed by atoms with Crippen LogP contribution >= 0.6 is 0 Å². The van der Waals surface area contributed by atoms with Gasteiger partial charge in [0.25, 0.3) is 0 Å². The zero-order valence-corrected chi connectivity index (χ0v) is 8.34. The van der Waals surface area contributed by atoms with Crippen LogP contribution in [0.2, 0.25) is 0 Å². The van der Waals surface area contributed by atoms with Crippen LogP contribution < -0.4 is 4.74 Å². The van der Waals surface area contributed by atoms with Crippen molar-refractivity contribution in [1.29, 1.82) is 0 Å². The smallest absolute Gasteiger partial charge is 0.165 e. The van der Waals surface area contributed by atoms with Gasteiger partial charge in [0.05, 0.1) is 6.33 Å². The first-order chi connectivity index (χ1) is 7.38. The van der Waals surface area contributed by atoms with Crippen LogP contribution in [0.3, 0.4) is 0 Å². The molecule has 0 spiro atoms. The van der Waals surface area contributed by atoms with E-state index in [-0.39, 0.29) is 0 Å². The molecule has 0 radical (unpaired) electrons. The van der Waals surface area contributed by atoms with Crippen LogP contribution in [0.25, 0.3) is 6.08 Å². The number of rotatable bonds is 4. The number of imidazole rings is 1. The molecule has 3 nitrogen and oxygen atoms in total. The summed E-state index contributed by atoms with van der Waals surface area (Å²) in [6, 6.07) is 7.80. The van der Waals surface area contributed by atoms with Crippen molar-refractivity contribution in [3.05, 3.63) is 55.1 Å². The van der Waals surface area contributed by atoms with E-state index < -0.39 is 0 Å². The first-order valence-corrected chi connectivity index (χ1v) is 4.69. The average molecular weight is 200 g/mol. The van der Waals surface area contributed by atoms with E-state index in [1.165, 1.54) is 0 Å². The Bertz CT molecular complexity index is 435. The summed E-state index contributed by atoms with van der Waals surface area (Å²) in [7, 11) is 0. The first-order valence-electron chi connectivity index (χ1n) is 4.69. The number of nitrogens with zero attached hydrogens (tertiary/aromatic N) is 2. The van der Waals surface area contributed by atoms with E-state index in [1.807, 2.05) is 35.0 Å². The molecular formula is C12H12N2O. The summed E-state index contributed by atoms with van der Waals surface area (Å²) in [5.41, 5.74) is 1.05. The first kappa shape index (κ1) is 9.52. The summed E-state index contributed by atoms with van der Waals surface area (Å²) >= 11 is 0. The third-order valence-corrected chi connectivity index (χ3v) is 2.03. The Hall–Kier alpha value is -2.03. The van der Waals surface area contributed by atoms with Crippen LogP contribution in [-0.2, 0) is 6.73 Å². The maximum atomic E-state index is 5.57. The van der Waals surface area contributed by atoms with Gasteiger partial charge in [-0.15, -0.1) is 0 Å². The summed E-state index contributed by atoms with van der Waals surface area (Å²) in [5.74, 6) is 0.834. The quantitative estimate of drug-likeness (QED) is 0.758. The lowest BCUT2D eigenvalue weighted by Crippen LogP contribution is -2.02. The standard InChI is InChI=1S/C12H12N2O/c1-2-11-4-3-5-12(8-11)15-10-14-7-6-13-9-14/h2-9H,1,10H2. The van der Waals surface area contributed by atoms with Crippen molar-refractivity contribution in [3.8, 4) is 5.75 Å². The van der Waals surface area contributed by atoms with Crippen LogP contribution in [-0.4, -0.2) is 9.55 Å². The molecule has 2 aromatic rings. The molecule has 0 unspecified atom stereocenters. The molecule has 0 amide bonds. The maximum absolute atomic E-state index is 5.57. The lowest BCUT2D eigenvalue weighted by Gasteiger charge is -2.06. The Morgan fingerprint density at radius 1 is 1.47 bits per heavy atom. The predicted octanol–water partition coefficient (Wildman–Crippen LogP) is 2.56. The van der Waals surface area contributed by atoms with Gasteiger partial charge < -0.3 is 9.30 Å². The molecule has 0 aliphatic heterocycles. The maximum Gasteiger partial charge on any atom is 0.165 e. The van der Waals surface area contributed by atoms with E-state index in [0.29, 0.717) is 6.73 Å². The molecule has 0 bridgehead atoms. The van der Waals surface area contributed by atoms with Crippen LogP contribution in [0.15, 0.2) is 49.6 Å². The number of ether oxygens (including phenoxy) is 1. The van der Waals surface area contributed by atoms with Gasteiger partial charge in [0.1, 0.15) is 5.75 Å². The number of aromatic nitrogens is 2. The molecule has 2 rings (SSSR count). The fourth-order valence-corrected chi connectivity index (χ4v) is 1.24. The van der Waals surface area contributed by atoms with Crippen molar-refractivity contribution in [1.82, 2.24) is 9.55 Å². The van der Waals surface area contributed by atoms with Crippen LogP contribution in [0.1, 0.15) is 5.56 Å². The largest absolute Gasteiger partial charge is 0.473 e. The summed E-state index contributed by atoms with van der Waals surface area (Å²) < 4.78 is 7.43. The highest BCUT2D eigenvalue weighted by Crippen LogP contribution is 2.14. The Morgan fingerprint density at radius 2 is 2.40 bits per heavy atom. The highest BCUT2D eigenvalue weighted by Gasteiger charge is 1.94. The minimum atomic E-state index is 0.473. The lowest BCUT2D eigenvalue weighted by atomic mass is 10.2. The number of hydrogen-bond acceptors (Lipinski definition) is 2. The van der Waals surface area contributed by atoms with Gasteiger partial charge in [0.2, 0.25) is 0 Å². The van der Waals surface area contributed by atoms with Crippen LogP contribution in [0, 0.1) is 0 Å². The van der Waals surface area contributed by atoms with Crippen molar-refractivity contribution >= 4 is 6.08 Å². The molecule has 0 N–H and O–H groups in total. The van der Waals surface area contributed by atoms with Gasteiger partial charge in [0.15, 0.2) is 6.73 Å². The van der Waals surface area contributed by atoms with E-state index in [9.17, 15) is 0 Å². The van der Waals surface area contributed by atoms with E-state index in [1.54, 1.807) is 18.6 Å². The molecule has 0 fully saturated rings. The molecule has 15 heavy (non-hydrogen) atoms. The molecule has 1 heterocycles. The van der Waals surface area contributed by atoms with E-state index >= 15 is 0 Å². The highest BCUT2D eigenvalue weighted by molar-refractivity contribution is 5.49. The second-order valence-electron chi connectivity index (χ2n) is 3.13. The monoisotopic (exact) mass is 200 g/mol.